The molecule has 0 fully saturated rings. The molecule has 0 saturated carbocycles. The number of hydrogen-bond donors (Lipinski definition) is 0. The summed E-state index contributed by atoms with van der Waals surface area (Å²) in [6.07, 6.45) is 11.1. The van der Waals surface area contributed by atoms with E-state index in [0.29, 0.717) is 20.9 Å². The Labute approximate surface area is 103 Å². The van der Waals surface area contributed by atoms with Gasteiger partial charge in [-0.05, 0) is 0 Å². The van der Waals surface area contributed by atoms with Gasteiger partial charge in [0.1, 0.15) is 0 Å². The molecule has 2 aliphatic carbocycles. The van der Waals surface area contributed by atoms with E-state index in [4.69, 9.17) is 0 Å². The second kappa shape index (κ2) is 3.35. The van der Waals surface area contributed by atoms with Crippen LogP contribution in [0.5, 0.6) is 0 Å². The van der Waals surface area contributed by atoms with E-state index in [1.165, 1.54) is 6.42 Å². The normalized spacial score (nSPS) is 38.2. The van der Waals surface area contributed by atoms with Gasteiger partial charge in [-0.1, -0.05) is 0 Å². The summed E-state index contributed by atoms with van der Waals surface area (Å²) in [5, 5.41) is 0. The van der Waals surface area contributed by atoms with Crippen molar-refractivity contribution < 1.29 is 0 Å². The first-order valence-electron chi connectivity index (χ1n) is 6.04. The van der Waals surface area contributed by atoms with Gasteiger partial charge in [0.05, 0.1) is 0 Å². The van der Waals surface area contributed by atoms with E-state index in [1.807, 2.05) is 0 Å². The number of benzene rings is 1. The zero-order valence-corrected chi connectivity index (χ0v) is 10.8. The Hall–Kier alpha value is -0.781. The topological polar surface area (TPSA) is 0 Å². The average molecular weight is 273 g/mol. The Morgan fingerprint density at radius 3 is 3.00 bits per heavy atom. The Morgan fingerprint density at radius 1 is 1.06 bits per heavy atom. The van der Waals surface area contributed by atoms with Gasteiger partial charge in [0.25, 0.3) is 0 Å². The molecule has 4 bridgehead atoms. The van der Waals surface area contributed by atoms with Gasteiger partial charge in [0.15, 0.2) is 0 Å². The summed E-state index contributed by atoms with van der Waals surface area (Å²) in [7, 11) is 0. The molecule has 1 heteroatoms. The third-order valence-electron chi connectivity index (χ3n) is 4.09. The van der Waals surface area contributed by atoms with E-state index < -0.39 is 0 Å². The van der Waals surface area contributed by atoms with Crippen molar-refractivity contribution in [3.8, 4) is 0 Å². The maximum atomic E-state index is 2.50. The molecular weight excluding hydrogens is 259 g/mol. The number of fused-ring (bicyclic) bond motifs is 2. The first-order valence-corrected chi connectivity index (χ1v) is 7.88. The van der Waals surface area contributed by atoms with Crippen LogP contribution in [0.4, 0.5) is 0 Å². The molecule has 0 nitrogen and oxygen atoms in total. The Morgan fingerprint density at radius 2 is 2.00 bits per heavy atom. The molecule has 16 heavy (non-hydrogen) atoms. The number of rotatable bonds is 0. The summed E-state index contributed by atoms with van der Waals surface area (Å²) in [4.78, 5) is 0.933. The fraction of sp³-hybridized carbons (Fsp3) is 0.333. The van der Waals surface area contributed by atoms with E-state index in [2.05, 4.69) is 48.6 Å². The van der Waals surface area contributed by atoms with Gasteiger partial charge in [-0.2, -0.15) is 0 Å². The van der Waals surface area contributed by atoms with Crippen LogP contribution in [0.1, 0.15) is 17.9 Å². The molecule has 0 radical (unpaired) electrons. The van der Waals surface area contributed by atoms with Gasteiger partial charge in [-0.25, -0.2) is 0 Å². The number of allylic oxidation sites excluding steroid dienone is 4. The van der Waals surface area contributed by atoms with Crippen molar-refractivity contribution in [3.05, 3.63) is 54.1 Å². The van der Waals surface area contributed by atoms with Gasteiger partial charge in [-0.15, -0.1) is 0 Å². The van der Waals surface area contributed by atoms with Gasteiger partial charge in [-0.3, -0.25) is 0 Å². The van der Waals surface area contributed by atoms with E-state index in [0.717, 1.165) is 16.7 Å². The molecule has 0 amide bonds. The van der Waals surface area contributed by atoms with Crippen LogP contribution in [0.15, 0.2) is 48.6 Å². The van der Waals surface area contributed by atoms with E-state index >= 15 is 0 Å². The molecule has 0 N–H and O–H groups in total. The first kappa shape index (κ1) is 9.27. The van der Waals surface area contributed by atoms with Crippen molar-refractivity contribution in [2.45, 2.75) is 17.2 Å². The Balaban J connectivity index is 1.92. The molecule has 4 rings (SSSR count). The molecular formula is C15H14Se. The Bertz CT molecular complexity index is 486. The molecule has 80 valence electrons. The van der Waals surface area contributed by atoms with Crippen LogP contribution >= 0.6 is 0 Å². The fourth-order valence-electron chi connectivity index (χ4n) is 3.31. The second-order valence-electron chi connectivity index (χ2n) is 4.94. The molecule has 1 aliphatic heterocycles. The molecule has 4 atom stereocenters. The van der Waals surface area contributed by atoms with Crippen molar-refractivity contribution >= 4 is 19.4 Å². The van der Waals surface area contributed by atoms with Crippen LogP contribution in [-0.2, 0) is 0 Å². The summed E-state index contributed by atoms with van der Waals surface area (Å²) in [6.45, 7) is 0. The van der Waals surface area contributed by atoms with Crippen molar-refractivity contribution in [1.29, 1.82) is 0 Å². The molecule has 0 spiro atoms. The quantitative estimate of drug-likeness (QED) is 0.503. The van der Waals surface area contributed by atoms with Crippen molar-refractivity contribution in [3.63, 3.8) is 0 Å². The molecule has 0 saturated heterocycles. The monoisotopic (exact) mass is 274 g/mol. The number of hydrogen-bond acceptors (Lipinski definition) is 0. The molecule has 4 unspecified atom stereocenters. The summed E-state index contributed by atoms with van der Waals surface area (Å²) in [5.74, 6) is 2.30. The van der Waals surface area contributed by atoms with Crippen molar-refractivity contribution in [2.24, 2.45) is 11.8 Å². The summed E-state index contributed by atoms with van der Waals surface area (Å²) in [5.41, 5.74) is 1.60. The Kier molecular flexibility index (Phi) is 1.94. The fourth-order valence-corrected chi connectivity index (χ4v) is 6.63. The second-order valence-corrected chi connectivity index (χ2v) is 7.50. The molecule has 1 aromatic rings. The third-order valence-corrected chi connectivity index (χ3v) is 7.37. The molecule has 0 aromatic heterocycles. The third kappa shape index (κ3) is 1.16. The van der Waals surface area contributed by atoms with Crippen LogP contribution in [0.25, 0.3) is 0 Å². The van der Waals surface area contributed by atoms with Gasteiger partial charge >= 0.3 is 103 Å². The zero-order valence-electron chi connectivity index (χ0n) is 9.04. The first-order chi connectivity index (χ1) is 7.93. The SMILES string of the molecule is C1=CC2c3ccccc3[Se]C3C(C=CC23)C1. The zero-order chi connectivity index (χ0) is 10.5. The standard InChI is InChI=1S/C15H14Se/c1-2-7-14-12(5-1)11-6-3-4-10-8-9-13(11)15(10)16-14/h1-3,5-11,13,15H,4H2. The molecule has 1 heterocycles. The van der Waals surface area contributed by atoms with Crippen molar-refractivity contribution in [2.75, 3.05) is 0 Å². The van der Waals surface area contributed by atoms with E-state index in [1.54, 1.807) is 10.0 Å². The summed E-state index contributed by atoms with van der Waals surface area (Å²) >= 11 is 0.679. The minimum absolute atomic E-state index is 0.667. The molecule has 1 aromatic carbocycles. The average Bonchev–Trinajstić information content (AvgIpc) is 2.63. The van der Waals surface area contributed by atoms with E-state index in [-0.39, 0.29) is 0 Å². The van der Waals surface area contributed by atoms with Gasteiger partial charge < -0.3 is 0 Å². The van der Waals surface area contributed by atoms with E-state index in [9.17, 15) is 0 Å². The van der Waals surface area contributed by atoms with Crippen LogP contribution in [-0.4, -0.2) is 15.0 Å². The minimum atomic E-state index is 0.667. The predicted molar refractivity (Wildman–Crippen MR) is 68.2 cm³/mol. The van der Waals surface area contributed by atoms with Crippen LogP contribution in [0.3, 0.4) is 0 Å². The van der Waals surface area contributed by atoms with Crippen LogP contribution in [0.2, 0.25) is 4.82 Å². The van der Waals surface area contributed by atoms with Crippen molar-refractivity contribution in [1.82, 2.24) is 0 Å². The van der Waals surface area contributed by atoms with Gasteiger partial charge in [0.2, 0.25) is 0 Å². The summed E-state index contributed by atoms with van der Waals surface area (Å²) in [6, 6.07) is 9.10. The van der Waals surface area contributed by atoms with Crippen LogP contribution < -0.4 is 4.46 Å². The molecule has 3 aliphatic rings. The maximum absolute atomic E-state index is 2.50. The predicted octanol–water partition coefficient (Wildman–Crippen LogP) is 2.66. The van der Waals surface area contributed by atoms with Crippen LogP contribution in [0, 0.1) is 11.8 Å². The van der Waals surface area contributed by atoms with Gasteiger partial charge in [0, 0.05) is 0 Å². The summed E-state index contributed by atoms with van der Waals surface area (Å²) < 4.78 is 1.65.